The van der Waals surface area contributed by atoms with Crippen molar-refractivity contribution >= 4 is 5.97 Å². The van der Waals surface area contributed by atoms with Crippen LogP contribution in [0.1, 0.15) is 110 Å². The Kier molecular flexibility index (Phi) is 12.3. The van der Waals surface area contributed by atoms with Crippen LogP contribution in [0.3, 0.4) is 0 Å². The molecule has 0 aromatic heterocycles. The minimum absolute atomic E-state index is 0.0598. The van der Waals surface area contributed by atoms with Gasteiger partial charge in [-0.05, 0) is 56.8 Å². The van der Waals surface area contributed by atoms with Crippen LogP contribution < -0.4 is 0 Å². The molecule has 2 heteroatoms. The molecule has 0 heterocycles. The number of rotatable bonds is 17. The van der Waals surface area contributed by atoms with Crippen LogP contribution >= 0.6 is 0 Å². The standard InChI is InChI=1S/C26H44O2/c1-2-3-4-5-6-7-8-9-10-11-12-13-14-15-16-17-20-28-26(27)25-22-23-18-19-24(25)21-23/h9-10,18-19,23-25H,2-8,11-17,20-22H2,1H3. The van der Waals surface area contributed by atoms with Gasteiger partial charge in [0.25, 0.3) is 0 Å². The summed E-state index contributed by atoms with van der Waals surface area (Å²) in [5.41, 5.74) is 0. The first-order chi connectivity index (χ1) is 13.8. The fourth-order valence-electron chi connectivity index (χ4n) is 4.68. The van der Waals surface area contributed by atoms with Crippen molar-refractivity contribution in [2.75, 3.05) is 6.61 Å². The lowest BCUT2D eigenvalue weighted by Gasteiger charge is -2.16. The molecule has 0 saturated heterocycles. The molecule has 160 valence electrons. The SMILES string of the molecule is CCCCCCCCC=CCCCCCCCCOC(=O)C1CC2C=CC1C2. The molecular formula is C26H44O2. The second kappa shape index (κ2) is 14.9. The van der Waals surface area contributed by atoms with Gasteiger partial charge in [0, 0.05) is 0 Å². The summed E-state index contributed by atoms with van der Waals surface area (Å²) in [6.45, 7) is 2.90. The summed E-state index contributed by atoms with van der Waals surface area (Å²) in [4.78, 5) is 12.1. The largest absolute Gasteiger partial charge is 0.465 e. The van der Waals surface area contributed by atoms with E-state index < -0.39 is 0 Å². The molecule has 3 atom stereocenters. The number of allylic oxidation sites excluding steroid dienone is 4. The monoisotopic (exact) mass is 388 g/mol. The number of unbranched alkanes of at least 4 members (excludes halogenated alkanes) is 12. The highest BCUT2D eigenvalue weighted by Gasteiger charge is 2.40. The molecule has 0 N–H and O–H groups in total. The highest BCUT2D eigenvalue weighted by molar-refractivity contribution is 5.74. The van der Waals surface area contributed by atoms with E-state index in [1.54, 1.807) is 0 Å². The van der Waals surface area contributed by atoms with Gasteiger partial charge < -0.3 is 4.74 Å². The molecule has 0 aromatic rings. The molecule has 0 radical (unpaired) electrons. The molecule has 2 aliphatic carbocycles. The number of esters is 1. The zero-order chi connectivity index (χ0) is 19.9. The maximum absolute atomic E-state index is 12.1. The summed E-state index contributed by atoms with van der Waals surface area (Å²) in [6, 6.07) is 0. The quantitative estimate of drug-likeness (QED) is 0.144. The zero-order valence-electron chi connectivity index (χ0n) is 18.4. The van der Waals surface area contributed by atoms with Gasteiger partial charge in [-0.25, -0.2) is 0 Å². The molecule has 2 rings (SSSR count). The van der Waals surface area contributed by atoms with Gasteiger partial charge in [-0.15, -0.1) is 0 Å². The Hall–Kier alpha value is -1.05. The lowest BCUT2D eigenvalue weighted by atomic mass is 9.94. The topological polar surface area (TPSA) is 26.3 Å². The summed E-state index contributed by atoms with van der Waals surface area (Å²) in [6.07, 6.45) is 29.8. The van der Waals surface area contributed by atoms with Gasteiger partial charge in [0.2, 0.25) is 0 Å². The van der Waals surface area contributed by atoms with E-state index in [0.717, 1.165) is 12.8 Å². The summed E-state index contributed by atoms with van der Waals surface area (Å²) in [5, 5.41) is 0. The highest BCUT2D eigenvalue weighted by atomic mass is 16.5. The predicted octanol–water partition coefficient (Wildman–Crippen LogP) is 7.78. The molecule has 28 heavy (non-hydrogen) atoms. The van der Waals surface area contributed by atoms with Crippen LogP contribution in [-0.2, 0) is 9.53 Å². The van der Waals surface area contributed by atoms with Gasteiger partial charge in [0.1, 0.15) is 0 Å². The Labute approximate surface area is 174 Å². The summed E-state index contributed by atoms with van der Waals surface area (Å²) in [5.74, 6) is 1.33. The van der Waals surface area contributed by atoms with Gasteiger partial charge in [0.05, 0.1) is 12.5 Å². The molecule has 0 aliphatic heterocycles. The van der Waals surface area contributed by atoms with Crippen LogP contribution in [-0.4, -0.2) is 12.6 Å². The van der Waals surface area contributed by atoms with E-state index in [0.29, 0.717) is 18.4 Å². The van der Waals surface area contributed by atoms with E-state index in [2.05, 4.69) is 31.2 Å². The fourth-order valence-corrected chi connectivity index (χ4v) is 4.68. The molecule has 1 saturated carbocycles. The average molecular weight is 389 g/mol. The summed E-state index contributed by atoms with van der Waals surface area (Å²) < 4.78 is 5.52. The molecule has 2 aliphatic rings. The van der Waals surface area contributed by atoms with Crippen LogP contribution in [0.25, 0.3) is 0 Å². The number of hydrogen-bond acceptors (Lipinski definition) is 2. The van der Waals surface area contributed by atoms with Gasteiger partial charge in [0.15, 0.2) is 0 Å². The van der Waals surface area contributed by atoms with E-state index in [-0.39, 0.29) is 11.9 Å². The molecule has 3 unspecified atom stereocenters. The Morgan fingerprint density at radius 1 is 0.821 bits per heavy atom. The normalized spacial score (nSPS) is 23.1. The van der Waals surface area contributed by atoms with E-state index >= 15 is 0 Å². The van der Waals surface area contributed by atoms with Crippen molar-refractivity contribution in [3.05, 3.63) is 24.3 Å². The molecule has 0 aromatic carbocycles. The second-order valence-electron chi connectivity index (χ2n) is 8.99. The highest BCUT2D eigenvalue weighted by Crippen LogP contribution is 2.43. The van der Waals surface area contributed by atoms with Gasteiger partial charge in [-0.3, -0.25) is 4.79 Å². The molecule has 0 amide bonds. The molecule has 0 spiro atoms. The Morgan fingerprint density at radius 3 is 2.00 bits per heavy atom. The van der Waals surface area contributed by atoms with Crippen molar-refractivity contribution in [1.82, 2.24) is 0 Å². The first-order valence-corrected chi connectivity index (χ1v) is 12.3. The van der Waals surface area contributed by atoms with E-state index in [1.807, 2.05) is 0 Å². The minimum atomic E-state index is 0.0598. The first kappa shape index (κ1) is 23.2. The third kappa shape index (κ3) is 9.43. The second-order valence-corrected chi connectivity index (χ2v) is 8.99. The van der Waals surface area contributed by atoms with Crippen LogP contribution in [0.15, 0.2) is 24.3 Å². The van der Waals surface area contributed by atoms with Gasteiger partial charge in [-0.2, -0.15) is 0 Å². The maximum Gasteiger partial charge on any atom is 0.309 e. The number of ether oxygens (including phenoxy) is 1. The van der Waals surface area contributed by atoms with Crippen LogP contribution in [0, 0.1) is 17.8 Å². The van der Waals surface area contributed by atoms with E-state index in [9.17, 15) is 4.79 Å². The summed E-state index contributed by atoms with van der Waals surface area (Å²) in [7, 11) is 0. The van der Waals surface area contributed by atoms with Crippen LogP contribution in [0.2, 0.25) is 0 Å². The van der Waals surface area contributed by atoms with Crippen molar-refractivity contribution in [1.29, 1.82) is 0 Å². The molecule has 2 nitrogen and oxygen atoms in total. The van der Waals surface area contributed by atoms with Crippen molar-refractivity contribution in [2.45, 2.75) is 110 Å². The first-order valence-electron chi connectivity index (χ1n) is 12.3. The van der Waals surface area contributed by atoms with E-state index in [4.69, 9.17) is 4.74 Å². The van der Waals surface area contributed by atoms with Crippen molar-refractivity contribution in [3.63, 3.8) is 0 Å². The zero-order valence-corrected chi connectivity index (χ0v) is 18.4. The predicted molar refractivity (Wildman–Crippen MR) is 119 cm³/mol. The smallest absolute Gasteiger partial charge is 0.309 e. The lowest BCUT2D eigenvalue weighted by Crippen LogP contribution is -2.21. The van der Waals surface area contributed by atoms with Crippen molar-refractivity contribution in [2.24, 2.45) is 17.8 Å². The number of carbonyl (C=O) groups excluding carboxylic acids is 1. The summed E-state index contributed by atoms with van der Waals surface area (Å²) >= 11 is 0. The van der Waals surface area contributed by atoms with Crippen molar-refractivity contribution in [3.8, 4) is 0 Å². The van der Waals surface area contributed by atoms with Crippen LogP contribution in [0.5, 0.6) is 0 Å². The number of fused-ring (bicyclic) bond motifs is 2. The molecular weight excluding hydrogens is 344 g/mol. The molecule has 2 bridgehead atoms. The lowest BCUT2D eigenvalue weighted by molar-refractivity contribution is -0.149. The Balaban J connectivity index is 1.29. The van der Waals surface area contributed by atoms with Gasteiger partial charge >= 0.3 is 5.97 Å². The van der Waals surface area contributed by atoms with Gasteiger partial charge in [-0.1, -0.05) is 89.0 Å². The fraction of sp³-hybridized carbons (Fsp3) is 0.808. The minimum Gasteiger partial charge on any atom is -0.465 e. The van der Waals surface area contributed by atoms with E-state index in [1.165, 1.54) is 89.9 Å². The number of carbonyl (C=O) groups is 1. The average Bonchev–Trinajstić information content (AvgIpc) is 3.34. The molecule has 1 fully saturated rings. The maximum atomic E-state index is 12.1. The Bertz CT molecular complexity index is 465. The van der Waals surface area contributed by atoms with Crippen LogP contribution in [0.4, 0.5) is 0 Å². The third-order valence-corrected chi connectivity index (χ3v) is 6.48. The van der Waals surface area contributed by atoms with Crippen molar-refractivity contribution < 1.29 is 9.53 Å². The third-order valence-electron chi connectivity index (χ3n) is 6.48. The Morgan fingerprint density at radius 2 is 1.43 bits per heavy atom. The number of hydrogen-bond donors (Lipinski definition) is 0.